The SMILES string of the molecule is CC(C)=Cc1c2ccccc2[n+](CCCS(=O)(=O)[O-])c2cc(C)ccc12. The number of aromatic nitrogens is 1. The molecule has 0 aliphatic rings. The summed E-state index contributed by atoms with van der Waals surface area (Å²) in [6.07, 6.45) is 2.48. The molecule has 1 aromatic heterocycles. The summed E-state index contributed by atoms with van der Waals surface area (Å²) in [5, 5.41) is 2.25. The minimum absolute atomic E-state index is 0.297. The van der Waals surface area contributed by atoms with Gasteiger partial charge in [0, 0.05) is 29.9 Å². The van der Waals surface area contributed by atoms with Gasteiger partial charge in [-0.2, -0.15) is 4.57 Å². The molecule has 0 unspecified atom stereocenters. The van der Waals surface area contributed by atoms with Gasteiger partial charge in [-0.3, -0.25) is 0 Å². The lowest BCUT2D eigenvalue weighted by atomic mass is 9.99. The van der Waals surface area contributed by atoms with Crippen molar-refractivity contribution in [1.82, 2.24) is 0 Å². The Morgan fingerprint density at radius 3 is 2.46 bits per heavy atom. The van der Waals surface area contributed by atoms with Crippen molar-refractivity contribution in [2.24, 2.45) is 0 Å². The normalized spacial score (nSPS) is 11.8. The van der Waals surface area contributed by atoms with Gasteiger partial charge in [0.05, 0.1) is 20.9 Å². The van der Waals surface area contributed by atoms with E-state index in [1.165, 1.54) is 11.1 Å². The van der Waals surface area contributed by atoms with Gasteiger partial charge in [0.25, 0.3) is 0 Å². The topological polar surface area (TPSA) is 61.1 Å². The molecule has 1 heterocycles. The van der Waals surface area contributed by atoms with Crippen LogP contribution < -0.4 is 4.57 Å². The Morgan fingerprint density at radius 1 is 1.08 bits per heavy atom. The first-order valence-electron chi connectivity index (χ1n) is 8.69. The van der Waals surface area contributed by atoms with Gasteiger partial charge in [-0.15, -0.1) is 0 Å². The van der Waals surface area contributed by atoms with E-state index < -0.39 is 10.1 Å². The van der Waals surface area contributed by atoms with Crippen molar-refractivity contribution in [3.8, 4) is 0 Å². The minimum Gasteiger partial charge on any atom is -0.748 e. The second-order valence-corrected chi connectivity index (χ2v) is 8.46. The van der Waals surface area contributed by atoms with E-state index in [-0.39, 0.29) is 5.75 Å². The Balaban J connectivity index is 2.31. The van der Waals surface area contributed by atoms with Gasteiger partial charge in [-0.1, -0.05) is 29.8 Å². The number of pyridine rings is 1. The number of rotatable bonds is 5. The number of nitrogens with zero attached hydrogens (tertiary/aromatic N) is 1. The summed E-state index contributed by atoms with van der Waals surface area (Å²) in [5.41, 5.74) is 5.62. The summed E-state index contributed by atoms with van der Waals surface area (Å²) in [5.74, 6) is -0.350. The van der Waals surface area contributed by atoms with Crippen molar-refractivity contribution >= 4 is 38.0 Å². The number of para-hydroxylation sites is 1. The van der Waals surface area contributed by atoms with Crippen molar-refractivity contribution in [2.75, 3.05) is 5.75 Å². The highest BCUT2D eigenvalue weighted by Gasteiger charge is 2.19. The Kier molecular flexibility index (Phi) is 5.12. The third kappa shape index (κ3) is 3.94. The third-order valence-electron chi connectivity index (χ3n) is 4.43. The maximum Gasteiger partial charge on any atom is 0.213 e. The van der Waals surface area contributed by atoms with E-state index in [2.05, 4.69) is 48.8 Å². The van der Waals surface area contributed by atoms with Crippen LogP contribution in [-0.4, -0.2) is 18.7 Å². The van der Waals surface area contributed by atoms with Gasteiger partial charge >= 0.3 is 0 Å². The predicted molar refractivity (Wildman–Crippen MR) is 105 cm³/mol. The molecule has 0 atom stereocenters. The van der Waals surface area contributed by atoms with E-state index in [1.54, 1.807) is 0 Å². The molecule has 0 saturated heterocycles. The van der Waals surface area contributed by atoms with Crippen molar-refractivity contribution in [3.05, 3.63) is 59.2 Å². The fraction of sp³-hybridized carbons (Fsp3) is 0.286. The lowest BCUT2D eigenvalue weighted by Gasteiger charge is -2.12. The second kappa shape index (κ2) is 7.17. The first-order valence-corrected chi connectivity index (χ1v) is 10.3. The van der Waals surface area contributed by atoms with Crippen LogP contribution in [0.4, 0.5) is 0 Å². The van der Waals surface area contributed by atoms with Crippen molar-refractivity contribution in [3.63, 3.8) is 0 Å². The van der Waals surface area contributed by atoms with Gasteiger partial charge in [-0.05, 0) is 38.5 Å². The highest BCUT2D eigenvalue weighted by Crippen LogP contribution is 2.27. The van der Waals surface area contributed by atoms with Crippen LogP contribution in [0.15, 0.2) is 48.0 Å². The van der Waals surface area contributed by atoms with E-state index >= 15 is 0 Å². The van der Waals surface area contributed by atoms with Crippen molar-refractivity contribution < 1.29 is 17.5 Å². The van der Waals surface area contributed by atoms with Crippen LogP contribution in [-0.2, 0) is 16.7 Å². The molecular weight excluding hydrogens is 346 g/mol. The summed E-state index contributed by atoms with van der Waals surface area (Å²) < 4.78 is 35.1. The molecule has 2 aromatic carbocycles. The summed E-state index contributed by atoms with van der Waals surface area (Å²) in [4.78, 5) is 0. The third-order valence-corrected chi connectivity index (χ3v) is 5.22. The standard InChI is InChI=1S/C21H23NO3S/c1-15(2)13-19-17-7-4-5-8-20(17)22(11-6-12-26(23,24)25)21-14-16(3)9-10-18(19)21/h4-5,7-10,13-14H,6,11-12H2,1-3H3. The summed E-state index contributed by atoms with van der Waals surface area (Å²) >= 11 is 0. The van der Waals surface area contributed by atoms with Gasteiger partial charge < -0.3 is 4.55 Å². The fourth-order valence-corrected chi connectivity index (χ4v) is 3.87. The van der Waals surface area contributed by atoms with E-state index in [9.17, 15) is 13.0 Å². The quantitative estimate of drug-likeness (QED) is 0.389. The second-order valence-electron chi connectivity index (χ2n) is 6.94. The summed E-state index contributed by atoms with van der Waals surface area (Å²) in [6.45, 7) is 6.68. The lowest BCUT2D eigenvalue weighted by Crippen LogP contribution is -2.37. The van der Waals surface area contributed by atoms with Gasteiger partial charge in [0.15, 0.2) is 6.54 Å². The zero-order valence-corrected chi connectivity index (χ0v) is 16.1. The molecule has 0 aliphatic carbocycles. The highest BCUT2D eigenvalue weighted by molar-refractivity contribution is 7.85. The Hall–Kier alpha value is -2.24. The number of allylic oxidation sites excluding steroid dienone is 1. The van der Waals surface area contributed by atoms with Crippen LogP contribution in [0.5, 0.6) is 0 Å². The van der Waals surface area contributed by atoms with Gasteiger partial charge in [0.2, 0.25) is 11.0 Å². The Bertz CT molecular complexity index is 1110. The molecule has 0 fully saturated rings. The molecule has 0 aliphatic heterocycles. The molecule has 0 radical (unpaired) electrons. The number of fused-ring (bicyclic) bond motifs is 2. The highest BCUT2D eigenvalue weighted by atomic mass is 32.2. The number of benzene rings is 2. The average molecular weight is 369 g/mol. The number of hydrogen-bond acceptors (Lipinski definition) is 3. The zero-order valence-electron chi connectivity index (χ0n) is 15.3. The first-order chi connectivity index (χ1) is 12.3. The van der Waals surface area contributed by atoms with E-state index in [0.717, 1.165) is 27.4 Å². The lowest BCUT2D eigenvalue weighted by molar-refractivity contribution is -0.645. The van der Waals surface area contributed by atoms with Crippen LogP contribution in [0.1, 0.15) is 31.4 Å². The van der Waals surface area contributed by atoms with Crippen LogP contribution in [0, 0.1) is 6.92 Å². The van der Waals surface area contributed by atoms with Gasteiger partial charge in [-0.25, -0.2) is 8.42 Å². The molecule has 26 heavy (non-hydrogen) atoms. The van der Waals surface area contributed by atoms with Crippen LogP contribution in [0.25, 0.3) is 27.9 Å². The van der Waals surface area contributed by atoms with E-state index in [0.29, 0.717) is 13.0 Å². The summed E-state index contributed by atoms with van der Waals surface area (Å²) in [7, 11) is -4.21. The molecule has 136 valence electrons. The largest absolute Gasteiger partial charge is 0.748 e. The zero-order chi connectivity index (χ0) is 18.9. The molecule has 0 spiro atoms. The molecular formula is C21H23NO3S. The first kappa shape index (κ1) is 18.5. The Labute approximate surface area is 154 Å². The average Bonchev–Trinajstić information content (AvgIpc) is 2.55. The number of aryl methyl sites for hydroxylation is 2. The molecule has 0 N–H and O–H groups in total. The Morgan fingerprint density at radius 2 is 1.77 bits per heavy atom. The summed E-state index contributed by atoms with van der Waals surface area (Å²) in [6, 6.07) is 14.5. The van der Waals surface area contributed by atoms with Crippen LogP contribution in [0.3, 0.4) is 0 Å². The predicted octanol–water partition coefficient (Wildman–Crippen LogP) is 3.95. The fourth-order valence-electron chi connectivity index (χ4n) is 3.39. The molecule has 0 bridgehead atoms. The van der Waals surface area contributed by atoms with E-state index in [1.807, 2.05) is 25.1 Å². The van der Waals surface area contributed by atoms with Crippen molar-refractivity contribution in [1.29, 1.82) is 0 Å². The minimum atomic E-state index is -4.21. The van der Waals surface area contributed by atoms with Crippen LogP contribution in [0.2, 0.25) is 0 Å². The van der Waals surface area contributed by atoms with Crippen molar-refractivity contribution in [2.45, 2.75) is 33.7 Å². The maximum absolute atomic E-state index is 11.0. The molecule has 0 saturated carbocycles. The van der Waals surface area contributed by atoms with Crippen LogP contribution >= 0.6 is 0 Å². The monoisotopic (exact) mass is 369 g/mol. The maximum atomic E-state index is 11.0. The smallest absolute Gasteiger partial charge is 0.213 e. The molecule has 3 rings (SSSR count). The van der Waals surface area contributed by atoms with E-state index in [4.69, 9.17) is 0 Å². The van der Waals surface area contributed by atoms with Gasteiger partial charge in [0.1, 0.15) is 0 Å². The molecule has 5 heteroatoms. The molecule has 4 nitrogen and oxygen atoms in total. The molecule has 0 amide bonds. The number of hydrogen-bond donors (Lipinski definition) is 0. The molecule has 3 aromatic rings.